The largest absolute Gasteiger partial charge is 0.480 e. The lowest BCUT2D eigenvalue weighted by atomic mass is 9.83. The van der Waals surface area contributed by atoms with Crippen molar-refractivity contribution in [1.29, 1.82) is 5.26 Å². The zero-order valence-corrected chi connectivity index (χ0v) is 23.7. The normalized spacial score (nSPS) is 24.1. The van der Waals surface area contributed by atoms with E-state index in [-0.39, 0.29) is 17.5 Å². The number of rotatable bonds is 10. The zero-order chi connectivity index (χ0) is 27.9. The lowest BCUT2D eigenvalue weighted by Crippen LogP contribution is -2.46. The van der Waals surface area contributed by atoms with Crippen LogP contribution in [-0.4, -0.2) is 59.6 Å². The van der Waals surface area contributed by atoms with Crippen molar-refractivity contribution in [2.75, 3.05) is 32.7 Å². The van der Waals surface area contributed by atoms with E-state index in [1.165, 1.54) is 37.3 Å². The second kappa shape index (κ2) is 13.7. The number of halogens is 1. The summed E-state index contributed by atoms with van der Waals surface area (Å²) in [7, 11) is 0. The van der Waals surface area contributed by atoms with Crippen LogP contribution in [0.4, 0.5) is 4.39 Å². The number of nitrogens with zero attached hydrogens (tertiary/aromatic N) is 3. The van der Waals surface area contributed by atoms with E-state index in [2.05, 4.69) is 40.1 Å². The Hall–Kier alpha value is -2.75. The van der Waals surface area contributed by atoms with Crippen molar-refractivity contribution in [1.82, 2.24) is 9.80 Å². The van der Waals surface area contributed by atoms with Crippen LogP contribution in [0, 0.1) is 34.9 Å². The minimum Gasteiger partial charge on any atom is -0.480 e. The lowest BCUT2D eigenvalue weighted by Gasteiger charge is -2.35. The third-order valence-corrected chi connectivity index (χ3v) is 9.87. The van der Waals surface area contributed by atoms with Crippen LogP contribution in [-0.2, 0) is 11.2 Å². The summed E-state index contributed by atoms with van der Waals surface area (Å²) in [5.41, 5.74) is 2.53. The van der Waals surface area contributed by atoms with Gasteiger partial charge in [-0.05, 0) is 92.6 Å². The molecule has 2 aromatic rings. The first-order valence-electron chi connectivity index (χ1n) is 15.4. The van der Waals surface area contributed by atoms with E-state index in [0.29, 0.717) is 17.8 Å². The first-order chi connectivity index (χ1) is 19.5. The third-order valence-electron chi connectivity index (χ3n) is 9.87. The average molecular weight is 546 g/mol. The number of hydrogen-bond acceptors (Lipinski definition) is 4. The molecule has 2 heterocycles. The lowest BCUT2D eigenvalue weighted by molar-refractivity contribution is -0.145. The Morgan fingerprint density at radius 3 is 2.48 bits per heavy atom. The fourth-order valence-corrected chi connectivity index (χ4v) is 7.70. The molecule has 40 heavy (non-hydrogen) atoms. The summed E-state index contributed by atoms with van der Waals surface area (Å²) in [4.78, 5) is 17.4. The van der Waals surface area contributed by atoms with Crippen molar-refractivity contribution < 1.29 is 14.3 Å². The summed E-state index contributed by atoms with van der Waals surface area (Å²) in [6, 6.07) is 17.2. The van der Waals surface area contributed by atoms with E-state index in [4.69, 9.17) is 5.26 Å². The molecule has 1 N–H and O–H groups in total. The van der Waals surface area contributed by atoms with E-state index in [9.17, 15) is 14.3 Å². The number of likely N-dealkylation sites (tertiary alicyclic amines) is 2. The number of aryl methyl sites for hydroxylation is 1. The average Bonchev–Trinajstić information content (AvgIpc) is 3.38. The number of carboxylic acids is 1. The second-order valence-corrected chi connectivity index (χ2v) is 12.5. The van der Waals surface area contributed by atoms with Gasteiger partial charge in [0.2, 0.25) is 0 Å². The molecule has 5 rings (SSSR count). The number of hydrogen-bond donors (Lipinski definition) is 1. The third kappa shape index (κ3) is 7.11. The molecule has 5 nitrogen and oxygen atoms in total. The summed E-state index contributed by atoms with van der Waals surface area (Å²) >= 11 is 0. The van der Waals surface area contributed by atoms with Gasteiger partial charge in [-0.3, -0.25) is 9.69 Å². The quantitative estimate of drug-likeness (QED) is 0.370. The van der Waals surface area contributed by atoms with Crippen molar-refractivity contribution >= 4 is 5.97 Å². The highest BCUT2D eigenvalue weighted by atomic mass is 19.1. The molecule has 3 aliphatic rings. The predicted molar refractivity (Wildman–Crippen MR) is 155 cm³/mol. The Balaban J connectivity index is 1.15. The summed E-state index contributed by atoms with van der Waals surface area (Å²) in [5, 5.41) is 19.4. The molecule has 0 spiro atoms. The molecule has 0 radical (unpaired) electrons. The molecule has 6 heteroatoms. The molecule has 2 aromatic carbocycles. The summed E-state index contributed by atoms with van der Waals surface area (Å²) in [5.74, 6) is 0.726. The van der Waals surface area contributed by atoms with Gasteiger partial charge in [0.25, 0.3) is 0 Å². The Kier molecular flexibility index (Phi) is 9.88. The van der Waals surface area contributed by atoms with Gasteiger partial charge in [0.05, 0.1) is 5.56 Å². The molecule has 0 aromatic heterocycles. The van der Waals surface area contributed by atoms with Crippen molar-refractivity contribution in [3.05, 3.63) is 71.0 Å². The van der Waals surface area contributed by atoms with Gasteiger partial charge in [0.1, 0.15) is 17.9 Å². The first kappa shape index (κ1) is 28.8. The van der Waals surface area contributed by atoms with Gasteiger partial charge in [-0.25, -0.2) is 4.39 Å². The highest BCUT2D eigenvalue weighted by molar-refractivity contribution is 5.74. The number of benzene rings is 2. The molecular weight excluding hydrogens is 501 g/mol. The van der Waals surface area contributed by atoms with E-state index in [1.807, 2.05) is 6.07 Å². The molecule has 214 valence electrons. The molecule has 3 unspecified atom stereocenters. The van der Waals surface area contributed by atoms with Gasteiger partial charge in [-0.1, -0.05) is 62.1 Å². The fraction of sp³-hybridized carbons (Fsp3) is 0.588. The monoisotopic (exact) mass is 545 g/mol. The smallest absolute Gasteiger partial charge is 0.321 e. The molecule has 2 saturated heterocycles. The van der Waals surface area contributed by atoms with Crippen LogP contribution in [0.25, 0.3) is 0 Å². The van der Waals surface area contributed by atoms with Crippen LogP contribution < -0.4 is 0 Å². The van der Waals surface area contributed by atoms with E-state index in [0.717, 1.165) is 76.8 Å². The van der Waals surface area contributed by atoms with E-state index < -0.39 is 11.8 Å². The number of piperidine rings is 1. The maximum Gasteiger partial charge on any atom is 0.321 e. The van der Waals surface area contributed by atoms with Crippen molar-refractivity contribution in [2.45, 2.75) is 76.2 Å². The summed E-state index contributed by atoms with van der Waals surface area (Å²) in [6.45, 7) is 4.95. The van der Waals surface area contributed by atoms with Crippen LogP contribution in [0.5, 0.6) is 0 Å². The Bertz CT molecular complexity index is 1150. The van der Waals surface area contributed by atoms with Crippen LogP contribution in [0.1, 0.15) is 80.4 Å². The van der Waals surface area contributed by atoms with Crippen LogP contribution in [0.15, 0.2) is 48.5 Å². The van der Waals surface area contributed by atoms with Crippen LogP contribution in [0.3, 0.4) is 0 Å². The number of carbonyl (C=O) groups is 1. The van der Waals surface area contributed by atoms with Gasteiger partial charge < -0.3 is 10.0 Å². The van der Waals surface area contributed by atoms with Gasteiger partial charge >= 0.3 is 5.97 Å². The zero-order valence-electron chi connectivity index (χ0n) is 23.7. The molecule has 2 aliphatic heterocycles. The maximum atomic E-state index is 13.6. The Morgan fingerprint density at radius 2 is 1.77 bits per heavy atom. The van der Waals surface area contributed by atoms with Gasteiger partial charge in [-0.2, -0.15) is 5.26 Å². The summed E-state index contributed by atoms with van der Waals surface area (Å²) < 4.78 is 13.6. The Labute approximate surface area is 239 Å². The fourth-order valence-electron chi connectivity index (χ4n) is 7.70. The molecule has 3 atom stereocenters. The van der Waals surface area contributed by atoms with E-state index in [1.54, 1.807) is 12.1 Å². The predicted octanol–water partition coefficient (Wildman–Crippen LogP) is 6.48. The summed E-state index contributed by atoms with van der Waals surface area (Å²) in [6.07, 6.45) is 11.1. The van der Waals surface area contributed by atoms with Gasteiger partial charge in [0, 0.05) is 25.6 Å². The highest BCUT2D eigenvalue weighted by Crippen LogP contribution is 2.39. The first-order valence-corrected chi connectivity index (χ1v) is 15.4. The second-order valence-electron chi connectivity index (χ2n) is 12.5. The van der Waals surface area contributed by atoms with Crippen molar-refractivity contribution in [2.24, 2.45) is 17.8 Å². The van der Waals surface area contributed by atoms with Crippen LogP contribution >= 0.6 is 0 Å². The molecule has 0 amide bonds. The minimum atomic E-state index is -0.635. The SMILES string of the molecule is N#Cc1cc(CCCC2CCN(CC3CN(C(C(=O)O)C4CCCCC4)CC3c3ccccc3)CC2)ccc1F. The van der Waals surface area contributed by atoms with Crippen LogP contribution in [0.2, 0.25) is 0 Å². The van der Waals surface area contributed by atoms with Gasteiger partial charge in [0.15, 0.2) is 0 Å². The number of nitriles is 1. The molecule has 1 saturated carbocycles. The van der Waals surface area contributed by atoms with E-state index >= 15 is 0 Å². The number of aliphatic carboxylic acids is 1. The molecular formula is C34H44FN3O2. The Morgan fingerprint density at radius 1 is 1.02 bits per heavy atom. The maximum absolute atomic E-state index is 13.6. The standard InChI is InChI=1S/C34H44FN3O2/c35-32-15-14-26(20-29(32)21-36)9-7-8-25-16-18-37(19-17-25)22-30-23-38(24-31(30)27-10-3-1-4-11-27)33(34(39)40)28-12-5-2-6-13-28/h1,3-4,10-11,14-15,20,25,28,30-31,33H,2,5-9,12-13,16-19,22-24H2,(H,39,40). The molecule has 1 aliphatic carbocycles. The minimum absolute atomic E-state index is 0.138. The topological polar surface area (TPSA) is 67.6 Å². The van der Waals surface area contributed by atoms with Crippen molar-refractivity contribution in [3.8, 4) is 6.07 Å². The molecule has 0 bridgehead atoms. The molecule has 3 fully saturated rings. The van der Waals surface area contributed by atoms with Gasteiger partial charge in [-0.15, -0.1) is 0 Å². The highest BCUT2D eigenvalue weighted by Gasteiger charge is 2.43. The number of carboxylic acid groups (broad SMARTS) is 1. The van der Waals surface area contributed by atoms with Crippen molar-refractivity contribution in [3.63, 3.8) is 0 Å².